The highest BCUT2D eigenvalue weighted by molar-refractivity contribution is 5.96. The molecule has 0 aromatic carbocycles. The zero-order valence-corrected chi connectivity index (χ0v) is 14.0. The zero-order chi connectivity index (χ0) is 16.7. The van der Waals surface area contributed by atoms with Crippen LogP contribution in [0.5, 0.6) is 0 Å². The van der Waals surface area contributed by atoms with Crippen LogP contribution in [0.2, 0.25) is 0 Å². The van der Waals surface area contributed by atoms with Gasteiger partial charge in [0.25, 0.3) is 11.8 Å². The van der Waals surface area contributed by atoms with E-state index in [4.69, 9.17) is 0 Å². The van der Waals surface area contributed by atoms with Crippen LogP contribution in [0.15, 0.2) is 18.2 Å². The second kappa shape index (κ2) is 8.62. The number of carbonyl (C=O) groups excluding carboxylic acids is 2. The SMILES string of the molecule is CCCCCNC(=O)c1cccc(C(=O)N2CCN(C)CC2)n1. The second-order valence-electron chi connectivity index (χ2n) is 5.97. The summed E-state index contributed by atoms with van der Waals surface area (Å²) in [5.41, 5.74) is 0.650. The van der Waals surface area contributed by atoms with Gasteiger partial charge in [0.05, 0.1) is 0 Å². The van der Waals surface area contributed by atoms with Crippen LogP contribution in [0.4, 0.5) is 0 Å². The van der Waals surface area contributed by atoms with Gasteiger partial charge in [-0.05, 0) is 25.6 Å². The summed E-state index contributed by atoms with van der Waals surface area (Å²) in [6.45, 7) is 5.89. The number of pyridine rings is 1. The number of nitrogens with one attached hydrogen (secondary N) is 1. The Balaban J connectivity index is 1.96. The molecule has 0 spiro atoms. The molecule has 1 aromatic rings. The number of likely N-dealkylation sites (N-methyl/N-ethyl adjacent to an activating group) is 1. The summed E-state index contributed by atoms with van der Waals surface area (Å²) in [6.07, 6.45) is 3.17. The van der Waals surface area contributed by atoms with Crippen molar-refractivity contribution >= 4 is 11.8 Å². The van der Waals surface area contributed by atoms with Gasteiger partial charge in [0.1, 0.15) is 11.4 Å². The Hall–Kier alpha value is -1.95. The van der Waals surface area contributed by atoms with Gasteiger partial charge in [-0.15, -0.1) is 0 Å². The largest absolute Gasteiger partial charge is 0.351 e. The van der Waals surface area contributed by atoms with Crippen molar-refractivity contribution in [2.24, 2.45) is 0 Å². The number of aromatic nitrogens is 1. The van der Waals surface area contributed by atoms with Gasteiger partial charge < -0.3 is 15.1 Å². The van der Waals surface area contributed by atoms with Gasteiger partial charge in [0.15, 0.2) is 0 Å². The molecule has 0 radical (unpaired) electrons. The van der Waals surface area contributed by atoms with Gasteiger partial charge in [-0.1, -0.05) is 25.8 Å². The molecule has 1 N–H and O–H groups in total. The first-order valence-electron chi connectivity index (χ1n) is 8.35. The van der Waals surface area contributed by atoms with Crippen LogP contribution in [0.25, 0.3) is 0 Å². The molecule has 2 rings (SSSR count). The molecule has 0 saturated carbocycles. The molecule has 126 valence electrons. The molecular weight excluding hydrogens is 292 g/mol. The fraction of sp³-hybridized carbons (Fsp3) is 0.588. The van der Waals surface area contributed by atoms with Crippen LogP contribution < -0.4 is 5.32 Å². The van der Waals surface area contributed by atoms with Crippen LogP contribution in [0.1, 0.15) is 47.2 Å². The lowest BCUT2D eigenvalue weighted by molar-refractivity contribution is 0.0658. The highest BCUT2D eigenvalue weighted by atomic mass is 16.2. The summed E-state index contributed by atoms with van der Waals surface area (Å²) in [5.74, 6) is -0.312. The fourth-order valence-corrected chi connectivity index (χ4v) is 2.52. The first-order valence-corrected chi connectivity index (χ1v) is 8.35. The molecular formula is C17H26N4O2. The second-order valence-corrected chi connectivity index (χ2v) is 5.97. The van der Waals surface area contributed by atoms with E-state index < -0.39 is 0 Å². The first kappa shape index (κ1) is 17.4. The van der Waals surface area contributed by atoms with E-state index in [9.17, 15) is 9.59 Å². The molecule has 0 bridgehead atoms. The summed E-state index contributed by atoms with van der Waals surface area (Å²) in [6, 6.07) is 5.04. The number of hydrogen-bond acceptors (Lipinski definition) is 4. The number of amides is 2. The van der Waals surface area contributed by atoms with Gasteiger partial charge in [-0.2, -0.15) is 0 Å². The van der Waals surface area contributed by atoms with Crippen molar-refractivity contribution in [3.63, 3.8) is 0 Å². The number of rotatable bonds is 6. The average Bonchev–Trinajstić information content (AvgIpc) is 2.59. The van der Waals surface area contributed by atoms with E-state index in [-0.39, 0.29) is 11.8 Å². The topological polar surface area (TPSA) is 65.5 Å². The monoisotopic (exact) mass is 318 g/mol. The Labute approximate surface area is 137 Å². The summed E-state index contributed by atoms with van der Waals surface area (Å²) in [5, 5.41) is 2.85. The van der Waals surface area contributed by atoms with Gasteiger partial charge in [0, 0.05) is 32.7 Å². The highest BCUT2D eigenvalue weighted by Crippen LogP contribution is 2.07. The quantitative estimate of drug-likeness (QED) is 0.805. The Morgan fingerprint density at radius 3 is 2.52 bits per heavy atom. The molecule has 23 heavy (non-hydrogen) atoms. The number of piperazine rings is 1. The molecule has 0 aliphatic carbocycles. The molecule has 0 unspecified atom stereocenters. The predicted molar refractivity (Wildman–Crippen MR) is 89.5 cm³/mol. The number of nitrogens with zero attached hydrogens (tertiary/aromatic N) is 3. The molecule has 1 saturated heterocycles. The molecule has 2 heterocycles. The van der Waals surface area contributed by atoms with Crippen LogP contribution in [0, 0.1) is 0 Å². The third-order valence-corrected chi connectivity index (χ3v) is 4.06. The third kappa shape index (κ3) is 5.03. The maximum Gasteiger partial charge on any atom is 0.272 e. The van der Waals surface area contributed by atoms with Crippen LogP contribution in [0.3, 0.4) is 0 Å². The number of unbranched alkanes of at least 4 members (excludes halogenated alkanes) is 2. The minimum atomic E-state index is -0.214. The van der Waals surface area contributed by atoms with E-state index in [2.05, 4.69) is 22.1 Å². The molecule has 1 aromatic heterocycles. The van der Waals surface area contributed by atoms with Gasteiger partial charge in [-0.3, -0.25) is 9.59 Å². The van der Waals surface area contributed by atoms with Crippen molar-refractivity contribution < 1.29 is 9.59 Å². The standard InChI is InChI=1S/C17H26N4O2/c1-3-4-5-9-18-16(22)14-7-6-8-15(19-14)17(23)21-12-10-20(2)11-13-21/h6-8H,3-5,9-13H2,1-2H3,(H,18,22). The van der Waals surface area contributed by atoms with Gasteiger partial charge in [0.2, 0.25) is 0 Å². The maximum absolute atomic E-state index is 12.5. The maximum atomic E-state index is 12.5. The molecule has 1 aliphatic rings. The van der Waals surface area contributed by atoms with E-state index in [1.165, 1.54) is 0 Å². The third-order valence-electron chi connectivity index (χ3n) is 4.06. The summed E-state index contributed by atoms with van der Waals surface area (Å²) >= 11 is 0. The minimum Gasteiger partial charge on any atom is -0.351 e. The van der Waals surface area contributed by atoms with E-state index in [0.29, 0.717) is 31.0 Å². The molecule has 6 heteroatoms. The Morgan fingerprint density at radius 2 is 1.83 bits per heavy atom. The van der Waals surface area contributed by atoms with Crippen molar-refractivity contribution in [2.75, 3.05) is 39.8 Å². The van der Waals surface area contributed by atoms with Crippen LogP contribution in [-0.4, -0.2) is 66.4 Å². The Morgan fingerprint density at radius 1 is 1.13 bits per heavy atom. The normalized spacial score (nSPS) is 15.5. The van der Waals surface area contributed by atoms with E-state index in [1.807, 2.05) is 7.05 Å². The summed E-state index contributed by atoms with van der Waals surface area (Å²) in [7, 11) is 2.05. The van der Waals surface area contributed by atoms with Crippen molar-refractivity contribution in [3.05, 3.63) is 29.6 Å². The average molecular weight is 318 g/mol. The van der Waals surface area contributed by atoms with Crippen LogP contribution in [-0.2, 0) is 0 Å². The number of carbonyl (C=O) groups is 2. The fourth-order valence-electron chi connectivity index (χ4n) is 2.52. The van der Waals surface area contributed by atoms with E-state index in [1.54, 1.807) is 23.1 Å². The van der Waals surface area contributed by atoms with Crippen molar-refractivity contribution in [3.8, 4) is 0 Å². The lowest BCUT2D eigenvalue weighted by Gasteiger charge is -2.32. The molecule has 1 aliphatic heterocycles. The lowest BCUT2D eigenvalue weighted by atomic mass is 10.2. The highest BCUT2D eigenvalue weighted by Gasteiger charge is 2.22. The number of hydrogen-bond donors (Lipinski definition) is 1. The minimum absolute atomic E-state index is 0.0984. The smallest absolute Gasteiger partial charge is 0.272 e. The van der Waals surface area contributed by atoms with E-state index in [0.717, 1.165) is 32.4 Å². The first-order chi connectivity index (χ1) is 11.1. The Kier molecular flexibility index (Phi) is 6.52. The lowest BCUT2D eigenvalue weighted by Crippen LogP contribution is -2.47. The molecule has 0 atom stereocenters. The molecule has 2 amide bonds. The van der Waals surface area contributed by atoms with Crippen molar-refractivity contribution in [1.82, 2.24) is 20.1 Å². The molecule has 1 fully saturated rings. The molecule has 6 nitrogen and oxygen atoms in total. The van der Waals surface area contributed by atoms with Crippen molar-refractivity contribution in [2.45, 2.75) is 26.2 Å². The van der Waals surface area contributed by atoms with E-state index >= 15 is 0 Å². The predicted octanol–water partition coefficient (Wildman–Crippen LogP) is 1.39. The van der Waals surface area contributed by atoms with Gasteiger partial charge >= 0.3 is 0 Å². The van der Waals surface area contributed by atoms with Crippen LogP contribution >= 0.6 is 0 Å². The summed E-state index contributed by atoms with van der Waals surface area (Å²) < 4.78 is 0. The summed E-state index contributed by atoms with van der Waals surface area (Å²) in [4.78, 5) is 32.8. The van der Waals surface area contributed by atoms with Gasteiger partial charge in [-0.25, -0.2) is 4.98 Å². The Bertz CT molecular complexity index is 539. The zero-order valence-electron chi connectivity index (χ0n) is 14.0. The van der Waals surface area contributed by atoms with Crippen molar-refractivity contribution in [1.29, 1.82) is 0 Å².